The Morgan fingerprint density at radius 3 is 2.38 bits per heavy atom. The fourth-order valence-corrected chi connectivity index (χ4v) is 2.14. The zero-order chi connectivity index (χ0) is 15.6. The van der Waals surface area contributed by atoms with Gasteiger partial charge in [-0.25, -0.2) is 13.6 Å². The maximum absolute atomic E-state index is 13.6. The molecule has 0 radical (unpaired) electrons. The number of nitrogens with one attached hydrogen (secondary N) is 2. The third-order valence-corrected chi connectivity index (χ3v) is 3.61. The standard InChI is InChI=1S/C13H7BrCl2F2N2O/c14-7-4-10(18)12(5-9(7)17)20-13(21)19-11-3-6(15)1-2-8(11)16/h1-5H,(H2,19,20,21). The minimum Gasteiger partial charge on any atom is -0.306 e. The molecule has 0 atom stereocenters. The Morgan fingerprint density at radius 1 is 1.00 bits per heavy atom. The van der Waals surface area contributed by atoms with Gasteiger partial charge in [-0.3, -0.25) is 0 Å². The first-order valence-corrected chi connectivity index (χ1v) is 7.09. The molecule has 2 aromatic carbocycles. The van der Waals surface area contributed by atoms with E-state index in [0.717, 1.165) is 12.1 Å². The summed E-state index contributed by atoms with van der Waals surface area (Å²) in [4.78, 5) is 11.8. The highest BCUT2D eigenvalue weighted by Crippen LogP contribution is 2.26. The van der Waals surface area contributed by atoms with E-state index in [1.54, 1.807) is 6.07 Å². The van der Waals surface area contributed by atoms with Gasteiger partial charge >= 0.3 is 6.03 Å². The van der Waals surface area contributed by atoms with Crippen LogP contribution in [0, 0.1) is 11.6 Å². The molecule has 2 aromatic rings. The molecule has 0 bridgehead atoms. The second-order valence-electron chi connectivity index (χ2n) is 3.95. The van der Waals surface area contributed by atoms with Crippen LogP contribution in [0.1, 0.15) is 0 Å². The van der Waals surface area contributed by atoms with E-state index in [9.17, 15) is 13.6 Å². The average molecular weight is 396 g/mol. The topological polar surface area (TPSA) is 41.1 Å². The van der Waals surface area contributed by atoms with Gasteiger partial charge in [0.1, 0.15) is 11.6 Å². The van der Waals surface area contributed by atoms with E-state index in [2.05, 4.69) is 26.6 Å². The molecule has 3 nitrogen and oxygen atoms in total. The van der Waals surface area contributed by atoms with Crippen LogP contribution in [0.3, 0.4) is 0 Å². The highest BCUT2D eigenvalue weighted by molar-refractivity contribution is 9.10. The lowest BCUT2D eigenvalue weighted by Crippen LogP contribution is -2.20. The quantitative estimate of drug-likeness (QED) is 0.631. The van der Waals surface area contributed by atoms with Crippen molar-refractivity contribution in [3.8, 4) is 0 Å². The maximum atomic E-state index is 13.6. The molecule has 0 saturated carbocycles. The largest absolute Gasteiger partial charge is 0.323 e. The summed E-state index contributed by atoms with van der Waals surface area (Å²) in [6.07, 6.45) is 0. The van der Waals surface area contributed by atoms with Gasteiger partial charge in [0, 0.05) is 11.1 Å². The van der Waals surface area contributed by atoms with Gasteiger partial charge in [-0.2, -0.15) is 0 Å². The molecular weight excluding hydrogens is 389 g/mol. The molecule has 0 spiro atoms. The number of benzene rings is 2. The van der Waals surface area contributed by atoms with Gasteiger partial charge in [0.15, 0.2) is 0 Å². The smallest absolute Gasteiger partial charge is 0.306 e. The Balaban J connectivity index is 2.15. The number of halogens is 5. The van der Waals surface area contributed by atoms with E-state index in [-0.39, 0.29) is 20.9 Å². The Kier molecular flexibility index (Phi) is 5.03. The van der Waals surface area contributed by atoms with Crippen molar-refractivity contribution >= 4 is 56.5 Å². The zero-order valence-electron chi connectivity index (χ0n) is 10.2. The first-order valence-electron chi connectivity index (χ1n) is 5.54. The summed E-state index contributed by atoms with van der Waals surface area (Å²) in [5.74, 6) is -1.48. The fraction of sp³-hybridized carbons (Fsp3) is 0. The van der Waals surface area contributed by atoms with Crippen LogP contribution in [0.15, 0.2) is 34.8 Å². The van der Waals surface area contributed by atoms with Crippen molar-refractivity contribution in [2.45, 2.75) is 0 Å². The molecule has 0 aliphatic heterocycles. The summed E-state index contributed by atoms with van der Waals surface area (Å²) in [7, 11) is 0. The minimum absolute atomic E-state index is 0.0381. The van der Waals surface area contributed by atoms with Crippen LogP contribution in [0.4, 0.5) is 25.0 Å². The molecule has 0 saturated heterocycles. The number of carbonyl (C=O) groups excluding carboxylic acids is 1. The summed E-state index contributed by atoms with van der Waals surface area (Å²) >= 11 is 14.5. The van der Waals surface area contributed by atoms with Gasteiger partial charge in [-0.1, -0.05) is 23.2 Å². The molecule has 0 heterocycles. The van der Waals surface area contributed by atoms with Crippen LogP contribution in [0.25, 0.3) is 0 Å². The summed E-state index contributed by atoms with van der Waals surface area (Å²) in [5, 5.41) is 5.21. The highest BCUT2D eigenvalue weighted by Gasteiger charge is 2.12. The fourth-order valence-electron chi connectivity index (χ4n) is 1.49. The highest BCUT2D eigenvalue weighted by atomic mass is 79.9. The summed E-state index contributed by atoms with van der Waals surface area (Å²) < 4.78 is 26.9. The van der Waals surface area contributed by atoms with Gasteiger partial charge in [0.2, 0.25) is 0 Å². The predicted octanol–water partition coefficient (Wildman–Crippen LogP) is 5.68. The minimum atomic E-state index is -0.782. The van der Waals surface area contributed by atoms with Crippen LogP contribution in [0.2, 0.25) is 10.0 Å². The van der Waals surface area contributed by atoms with E-state index < -0.39 is 17.7 Å². The zero-order valence-corrected chi connectivity index (χ0v) is 13.3. The normalized spacial score (nSPS) is 10.3. The molecule has 2 amide bonds. The van der Waals surface area contributed by atoms with Crippen molar-refractivity contribution in [3.05, 3.63) is 56.5 Å². The Bertz CT molecular complexity index is 713. The molecule has 0 unspecified atom stereocenters. The summed E-state index contributed by atoms with van der Waals surface area (Å²) in [6.45, 7) is 0. The van der Waals surface area contributed by atoms with Crippen molar-refractivity contribution in [1.82, 2.24) is 0 Å². The molecular formula is C13H7BrCl2F2N2O. The Hall–Kier alpha value is -1.37. The van der Waals surface area contributed by atoms with Crippen LogP contribution >= 0.6 is 39.1 Å². The van der Waals surface area contributed by atoms with Crippen LogP contribution in [-0.4, -0.2) is 6.03 Å². The van der Waals surface area contributed by atoms with Crippen molar-refractivity contribution in [1.29, 1.82) is 0 Å². The summed E-state index contributed by atoms with van der Waals surface area (Å²) in [6, 6.07) is 5.48. The van der Waals surface area contributed by atoms with Gasteiger partial charge in [0.25, 0.3) is 0 Å². The van der Waals surface area contributed by atoms with Crippen molar-refractivity contribution in [2.24, 2.45) is 0 Å². The molecule has 2 rings (SSSR count). The predicted molar refractivity (Wildman–Crippen MR) is 83.2 cm³/mol. The van der Waals surface area contributed by atoms with Crippen LogP contribution in [0.5, 0.6) is 0 Å². The molecule has 8 heteroatoms. The maximum Gasteiger partial charge on any atom is 0.323 e. The average Bonchev–Trinajstić information content (AvgIpc) is 2.40. The molecule has 0 aliphatic carbocycles. The van der Waals surface area contributed by atoms with Crippen LogP contribution in [-0.2, 0) is 0 Å². The van der Waals surface area contributed by atoms with E-state index in [1.807, 2.05) is 0 Å². The van der Waals surface area contributed by atoms with Crippen molar-refractivity contribution in [3.63, 3.8) is 0 Å². The number of hydrogen-bond donors (Lipinski definition) is 2. The molecule has 21 heavy (non-hydrogen) atoms. The number of rotatable bonds is 2. The third kappa shape index (κ3) is 4.06. The van der Waals surface area contributed by atoms with Crippen molar-refractivity contribution in [2.75, 3.05) is 10.6 Å². The second-order valence-corrected chi connectivity index (χ2v) is 5.65. The number of urea groups is 1. The molecule has 110 valence electrons. The number of anilines is 2. The summed E-state index contributed by atoms with van der Waals surface area (Å²) in [5.41, 5.74) is -0.0500. The lowest BCUT2D eigenvalue weighted by molar-refractivity contribution is 0.262. The lowest BCUT2D eigenvalue weighted by atomic mass is 10.3. The SMILES string of the molecule is O=C(Nc1cc(F)c(Br)cc1F)Nc1cc(Cl)ccc1Cl. The number of carbonyl (C=O) groups is 1. The first-order chi connectivity index (χ1) is 9.86. The second kappa shape index (κ2) is 6.60. The van der Waals surface area contributed by atoms with E-state index in [0.29, 0.717) is 5.02 Å². The Morgan fingerprint density at radius 2 is 1.67 bits per heavy atom. The number of amides is 2. The third-order valence-electron chi connectivity index (χ3n) is 2.43. The van der Waals surface area contributed by atoms with E-state index >= 15 is 0 Å². The molecule has 2 N–H and O–H groups in total. The molecule has 0 aliphatic rings. The van der Waals surface area contributed by atoms with Gasteiger partial charge in [-0.05, 0) is 40.2 Å². The van der Waals surface area contributed by atoms with E-state index in [4.69, 9.17) is 23.2 Å². The van der Waals surface area contributed by atoms with Crippen LogP contribution < -0.4 is 10.6 Å². The Labute approximate surface area is 137 Å². The molecule has 0 fully saturated rings. The lowest BCUT2D eigenvalue weighted by Gasteiger charge is -2.10. The number of hydrogen-bond acceptors (Lipinski definition) is 1. The monoisotopic (exact) mass is 394 g/mol. The first kappa shape index (κ1) is 16.0. The van der Waals surface area contributed by atoms with Gasteiger partial charge in [0.05, 0.1) is 20.9 Å². The molecule has 0 aromatic heterocycles. The van der Waals surface area contributed by atoms with E-state index in [1.165, 1.54) is 12.1 Å². The van der Waals surface area contributed by atoms with Gasteiger partial charge in [-0.15, -0.1) is 0 Å². The van der Waals surface area contributed by atoms with Gasteiger partial charge < -0.3 is 10.6 Å². The van der Waals surface area contributed by atoms with Crippen molar-refractivity contribution < 1.29 is 13.6 Å².